The van der Waals surface area contributed by atoms with Crippen LogP contribution >= 0.6 is 0 Å². The summed E-state index contributed by atoms with van der Waals surface area (Å²) in [5.41, 5.74) is 1.09. The van der Waals surface area contributed by atoms with Crippen molar-refractivity contribution in [2.45, 2.75) is 6.42 Å². The Balaban J connectivity index is 1.36. The van der Waals surface area contributed by atoms with Crippen molar-refractivity contribution in [2.24, 2.45) is 5.92 Å². The number of anilines is 2. The number of amides is 1. The van der Waals surface area contributed by atoms with Crippen LogP contribution in [0.3, 0.4) is 0 Å². The Morgan fingerprint density at radius 1 is 1.00 bits per heavy atom. The predicted molar refractivity (Wildman–Crippen MR) is 92.8 cm³/mol. The molecule has 8 heteroatoms. The van der Waals surface area contributed by atoms with Gasteiger partial charge in [0.1, 0.15) is 0 Å². The van der Waals surface area contributed by atoms with Gasteiger partial charge in [-0.3, -0.25) is 4.79 Å². The van der Waals surface area contributed by atoms with E-state index in [2.05, 4.69) is 26.1 Å². The molecule has 3 aliphatic rings. The van der Waals surface area contributed by atoms with E-state index in [0.29, 0.717) is 13.2 Å². The predicted octanol–water partition coefficient (Wildman–Crippen LogP) is -0.00170. The van der Waals surface area contributed by atoms with Crippen LogP contribution in [0.4, 0.5) is 11.5 Å². The van der Waals surface area contributed by atoms with Crippen molar-refractivity contribution in [3.8, 4) is 0 Å². The molecule has 0 aliphatic carbocycles. The molecule has 3 aliphatic heterocycles. The van der Waals surface area contributed by atoms with Crippen LogP contribution in [0.5, 0.6) is 0 Å². The molecule has 4 rings (SSSR count). The van der Waals surface area contributed by atoms with Crippen molar-refractivity contribution in [2.75, 3.05) is 75.5 Å². The monoisotopic (exact) mass is 347 g/mol. The Hall–Kier alpha value is -1.93. The van der Waals surface area contributed by atoms with E-state index in [1.807, 2.05) is 11.1 Å². The fourth-order valence-corrected chi connectivity index (χ4v) is 3.64. The summed E-state index contributed by atoms with van der Waals surface area (Å²) < 4.78 is 10.8. The average Bonchev–Trinajstić information content (AvgIpc) is 3.23. The van der Waals surface area contributed by atoms with Gasteiger partial charge in [-0.15, -0.1) is 5.10 Å². The van der Waals surface area contributed by atoms with Crippen LogP contribution in [-0.2, 0) is 14.3 Å². The Bertz CT molecular complexity index is 594. The van der Waals surface area contributed by atoms with Crippen LogP contribution in [0.2, 0.25) is 0 Å². The van der Waals surface area contributed by atoms with Crippen molar-refractivity contribution >= 4 is 17.4 Å². The smallest absolute Gasteiger partial charge is 0.228 e. The highest BCUT2D eigenvalue weighted by atomic mass is 16.5. The third kappa shape index (κ3) is 3.69. The molecular weight excluding hydrogens is 322 g/mol. The van der Waals surface area contributed by atoms with Gasteiger partial charge in [-0.2, -0.15) is 5.10 Å². The first-order valence-electron chi connectivity index (χ1n) is 9.08. The molecule has 0 bridgehead atoms. The van der Waals surface area contributed by atoms with E-state index >= 15 is 0 Å². The Morgan fingerprint density at radius 2 is 1.80 bits per heavy atom. The Kier molecular flexibility index (Phi) is 4.98. The van der Waals surface area contributed by atoms with Crippen LogP contribution in [0.15, 0.2) is 12.3 Å². The molecule has 0 radical (unpaired) electrons. The lowest BCUT2D eigenvalue weighted by Gasteiger charge is -2.36. The lowest BCUT2D eigenvalue weighted by Crippen LogP contribution is -2.50. The number of hydrogen-bond acceptors (Lipinski definition) is 7. The second kappa shape index (κ2) is 7.53. The average molecular weight is 347 g/mol. The van der Waals surface area contributed by atoms with E-state index < -0.39 is 0 Å². The largest absolute Gasteiger partial charge is 0.381 e. The minimum Gasteiger partial charge on any atom is -0.381 e. The topological polar surface area (TPSA) is 71.0 Å². The molecule has 0 spiro atoms. The molecule has 0 aromatic carbocycles. The van der Waals surface area contributed by atoms with Gasteiger partial charge >= 0.3 is 0 Å². The molecule has 1 atom stereocenters. The number of piperazine rings is 1. The summed E-state index contributed by atoms with van der Waals surface area (Å²) in [5, 5.41) is 8.48. The number of morpholine rings is 1. The maximum absolute atomic E-state index is 12.5. The zero-order valence-corrected chi connectivity index (χ0v) is 14.5. The van der Waals surface area contributed by atoms with Crippen molar-refractivity contribution in [3.05, 3.63) is 12.3 Å². The van der Waals surface area contributed by atoms with Crippen molar-refractivity contribution < 1.29 is 14.3 Å². The van der Waals surface area contributed by atoms with Gasteiger partial charge in [0.05, 0.1) is 37.6 Å². The fraction of sp³-hybridized carbons (Fsp3) is 0.706. The summed E-state index contributed by atoms with van der Waals surface area (Å²) in [6, 6.07) is 2.10. The minimum atomic E-state index is 0.0518. The summed E-state index contributed by atoms with van der Waals surface area (Å²) >= 11 is 0. The first-order chi connectivity index (χ1) is 12.3. The standard InChI is InChI=1S/C17H25N5O3/c23-17(14-1-8-25-13-14)22-4-2-21(3-5-22)16-11-15(12-18-19-16)20-6-9-24-10-7-20/h11-12,14H,1-10,13H2. The van der Waals surface area contributed by atoms with Crippen LogP contribution in [0, 0.1) is 5.92 Å². The minimum absolute atomic E-state index is 0.0518. The van der Waals surface area contributed by atoms with Gasteiger partial charge in [0.25, 0.3) is 0 Å². The number of hydrogen-bond donors (Lipinski definition) is 0. The van der Waals surface area contributed by atoms with Gasteiger partial charge in [0.2, 0.25) is 5.91 Å². The molecule has 25 heavy (non-hydrogen) atoms. The van der Waals surface area contributed by atoms with Gasteiger partial charge < -0.3 is 24.2 Å². The number of aromatic nitrogens is 2. The second-order valence-electron chi connectivity index (χ2n) is 6.74. The molecule has 3 saturated heterocycles. The van der Waals surface area contributed by atoms with Gasteiger partial charge in [-0.05, 0) is 6.42 Å². The van der Waals surface area contributed by atoms with Gasteiger partial charge in [0, 0.05) is 51.9 Å². The quantitative estimate of drug-likeness (QED) is 0.762. The van der Waals surface area contributed by atoms with E-state index in [1.165, 1.54) is 0 Å². The molecule has 8 nitrogen and oxygen atoms in total. The highest BCUT2D eigenvalue weighted by molar-refractivity contribution is 5.79. The molecule has 136 valence electrons. The second-order valence-corrected chi connectivity index (χ2v) is 6.74. The molecule has 4 heterocycles. The zero-order valence-electron chi connectivity index (χ0n) is 14.5. The summed E-state index contributed by atoms with van der Waals surface area (Å²) in [4.78, 5) is 18.9. The fourth-order valence-electron chi connectivity index (χ4n) is 3.64. The van der Waals surface area contributed by atoms with Crippen LogP contribution in [0.25, 0.3) is 0 Å². The van der Waals surface area contributed by atoms with Gasteiger partial charge in [-0.25, -0.2) is 0 Å². The van der Waals surface area contributed by atoms with Crippen molar-refractivity contribution in [3.63, 3.8) is 0 Å². The molecule has 1 aromatic heterocycles. The van der Waals surface area contributed by atoms with E-state index in [1.54, 1.807) is 0 Å². The van der Waals surface area contributed by atoms with Gasteiger partial charge in [-0.1, -0.05) is 0 Å². The van der Waals surface area contributed by atoms with E-state index in [-0.39, 0.29) is 11.8 Å². The number of nitrogens with zero attached hydrogens (tertiary/aromatic N) is 5. The summed E-state index contributed by atoms with van der Waals surface area (Å²) in [7, 11) is 0. The number of rotatable bonds is 3. The Morgan fingerprint density at radius 3 is 2.52 bits per heavy atom. The summed E-state index contributed by atoms with van der Waals surface area (Å²) in [6.07, 6.45) is 2.67. The highest BCUT2D eigenvalue weighted by Crippen LogP contribution is 2.22. The molecular formula is C17H25N5O3. The number of ether oxygens (including phenoxy) is 2. The number of carbonyl (C=O) groups is 1. The maximum atomic E-state index is 12.5. The molecule has 1 unspecified atom stereocenters. The number of carbonyl (C=O) groups excluding carboxylic acids is 1. The third-order valence-electron chi connectivity index (χ3n) is 5.20. The van der Waals surface area contributed by atoms with Crippen LogP contribution in [0.1, 0.15) is 6.42 Å². The normalized spacial score (nSPS) is 24.6. The third-order valence-corrected chi connectivity index (χ3v) is 5.20. The maximum Gasteiger partial charge on any atom is 0.228 e. The van der Waals surface area contributed by atoms with E-state index in [9.17, 15) is 4.79 Å². The lowest BCUT2D eigenvalue weighted by atomic mass is 10.1. The van der Waals surface area contributed by atoms with Crippen molar-refractivity contribution in [1.82, 2.24) is 15.1 Å². The van der Waals surface area contributed by atoms with E-state index in [4.69, 9.17) is 9.47 Å². The lowest BCUT2D eigenvalue weighted by molar-refractivity contribution is -0.135. The molecule has 1 aromatic rings. The van der Waals surface area contributed by atoms with Crippen LogP contribution in [-0.4, -0.2) is 86.7 Å². The SMILES string of the molecule is O=C(C1CCOC1)N1CCN(c2cc(N3CCOCC3)cnn2)CC1. The van der Waals surface area contributed by atoms with E-state index in [0.717, 1.165) is 70.4 Å². The zero-order chi connectivity index (χ0) is 17.1. The molecule has 0 N–H and O–H groups in total. The Labute approximate surface area is 147 Å². The summed E-state index contributed by atoms with van der Waals surface area (Å²) in [6.45, 7) is 7.62. The molecule has 1 amide bonds. The highest BCUT2D eigenvalue weighted by Gasteiger charge is 2.30. The first-order valence-corrected chi connectivity index (χ1v) is 9.08. The van der Waals surface area contributed by atoms with Gasteiger partial charge in [0.15, 0.2) is 5.82 Å². The summed E-state index contributed by atoms with van der Waals surface area (Å²) in [5.74, 6) is 1.18. The van der Waals surface area contributed by atoms with Crippen LogP contribution < -0.4 is 9.80 Å². The van der Waals surface area contributed by atoms with Crippen molar-refractivity contribution in [1.29, 1.82) is 0 Å². The molecule has 3 fully saturated rings. The first kappa shape index (κ1) is 16.5. The molecule has 0 saturated carbocycles.